The molecule has 2 aromatic carbocycles. The average Bonchev–Trinajstić information content (AvgIpc) is 3.70. The van der Waals surface area contributed by atoms with Gasteiger partial charge in [-0.15, -0.1) is 0 Å². The van der Waals surface area contributed by atoms with Crippen LogP contribution < -0.4 is 0 Å². The Bertz CT molecular complexity index is 1700. The largest absolute Gasteiger partial charge is 0.353 e. The second kappa shape index (κ2) is 8.46. The molecule has 0 radical (unpaired) electrons. The number of benzene rings is 2. The van der Waals surface area contributed by atoms with Crippen LogP contribution in [0.4, 0.5) is 0 Å². The molecule has 0 bridgehead atoms. The molecule has 0 aliphatic carbocycles. The van der Waals surface area contributed by atoms with Crippen LogP contribution in [-0.2, 0) is 6.54 Å². The van der Waals surface area contributed by atoms with Crippen LogP contribution in [0.25, 0.3) is 50.0 Å². The fraction of sp³-hybridized carbons (Fsp3) is 0.207. The molecule has 0 unspecified atom stereocenters. The minimum atomic E-state index is 0.914. The third-order valence-electron chi connectivity index (χ3n) is 7.18. The molecule has 7 heteroatoms. The summed E-state index contributed by atoms with van der Waals surface area (Å²) < 4.78 is 2.07. The van der Waals surface area contributed by atoms with E-state index in [1.54, 1.807) is 0 Å². The Kier molecular flexibility index (Phi) is 4.96. The molecule has 1 aliphatic heterocycles. The van der Waals surface area contributed by atoms with Crippen LogP contribution in [0.3, 0.4) is 0 Å². The van der Waals surface area contributed by atoms with Crippen molar-refractivity contribution in [3.8, 4) is 28.2 Å². The van der Waals surface area contributed by atoms with Crippen molar-refractivity contribution in [2.75, 3.05) is 13.1 Å². The molecule has 178 valence electrons. The lowest BCUT2D eigenvalue weighted by molar-refractivity contribution is 0.331. The first kappa shape index (κ1) is 21.1. The average molecular weight is 474 g/mol. The number of pyridine rings is 1. The normalized spacial score (nSPS) is 14.4. The zero-order valence-corrected chi connectivity index (χ0v) is 20.2. The van der Waals surface area contributed by atoms with Gasteiger partial charge >= 0.3 is 0 Å². The van der Waals surface area contributed by atoms with Gasteiger partial charge in [-0.2, -0.15) is 5.10 Å². The zero-order chi connectivity index (χ0) is 24.1. The molecule has 1 fully saturated rings. The summed E-state index contributed by atoms with van der Waals surface area (Å²) in [6.45, 7) is 5.33. The molecule has 2 N–H and O–H groups in total. The number of fused-ring (bicyclic) bond motifs is 2. The third kappa shape index (κ3) is 3.69. The highest BCUT2D eigenvalue weighted by molar-refractivity contribution is 5.99. The van der Waals surface area contributed by atoms with Gasteiger partial charge in [0.2, 0.25) is 0 Å². The summed E-state index contributed by atoms with van der Waals surface area (Å²) in [6.07, 6.45) is 10.4. The molecular weight excluding hydrogens is 446 g/mol. The van der Waals surface area contributed by atoms with Crippen molar-refractivity contribution >= 4 is 21.8 Å². The van der Waals surface area contributed by atoms with E-state index >= 15 is 0 Å². The van der Waals surface area contributed by atoms with Crippen molar-refractivity contribution in [2.24, 2.45) is 0 Å². The van der Waals surface area contributed by atoms with Crippen molar-refractivity contribution in [3.05, 3.63) is 84.7 Å². The molecule has 4 aromatic heterocycles. The summed E-state index contributed by atoms with van der Waals surface area (Å²) in [4.78, 5) is 15.0. The Labute approximate surface area is 208 Å². The number of nitrogens with zero attached hydrogens (tertiary/aromatic N) is 5. The van der Waals surface area contributed by atoms with E-state index in [1.807, 2.05) is 31.8 Å². The van der Waals surface area contributed by atoms with Crippen molar-refractivity contribution in [2.45, 2.75) is 26.3 Å². The number of aromatic nitrogens is 6. The van der Waals surface area contributed by atoms with Gasteiger partial charge in [0.15, 0.2) is 0 Å². The summed E-state index contributed by atoms with van der Waals surface area (Å²) in [7, 11) is 0. The van der Waals surface area contributed by atoms with Gasteiger partial charge in [-0.3, -0.25) is 15.0 Å². The molecule has 7 nitrogen and oxygen atoms in total. The van der Waals surface area contributed by atoms with E-state index in [1.165, 1.54) is 31.5 Å². The van der Waals surface area contributed by atoms with Gasteiger partial charge in [0.05, 0.1) is 28.9 Å². The molecule has 0 atom stereocenters. The lowest BCUT2D eigenvalue weighted by atomic mass is 10.0. The molecule has 6 aromatic rings. The summed E-state index contributed by atoms with van der Waals surface area (Å²) in [6, 6.07) is 17.2. The van der Waals surface area contributed by atoms with Gasteiger partial charge in [-0.05, 0) is 80.4 Å². The molecule has 7 rings (SSSR count). The van der Waals surface area contributed by atoms with E-state index in [-0.39, 0.29) is 0 Å². The number of rotatable bonds is 5. The topological polar surface area (TPSA) is 78.4 Å². The number of nitrogens with one attached hydrogen (secondary N) is 2. The number of hydrogen-bond donors (Lipinski definition) is 2. The van der Waals surface area contributed by atoms with Crippen LogP contribution in [0.1, 0.15) is 24.1 Å². The molecule has 36 heavy (non-hydrogen) atoms. The smallest absolute Gasteiger partial charge is 0.116 e. The zero-order valence-electron chi connectivity index (χ0n) is 20.2. The number of likely N-dealkylation sites (tertiary alicyclic amines) is 1. The maximum Gasteiger partial charge on any atom is 0.116 e. The number of aryl methyl sites for hydroxylation is 1. The van der Waals surface area contributed by atoms with Crippen LogP contribution in [0.2, 0.25) is 0 Å². The Morgan fingerprint density at radius 2 is 1.83 bits per heavy atom. The van der Waals surface area contributed by atoms with Crippen LogP contribution >= 0.6 is 0 Å². The molecule has 0 saturated carbocycles. The van der Waals surface area contributed by atoms with Crippen LogP contribution in [0.15, 0.2) is 73.4 Å². The predicted octanol–water partition coefficient (Wildman–Crippen LogP) is 5.86. The van der Waals surface area contributed by atoms with Gasteiger partial charge in [0.1, 0.15) is 5.69 Å². The SMILES string of the molecule is Cc1cn(-c2cccc3[nH]c(-c4n[nH]c5ccc(-c6cncc(CN7CCCC7)c6)cc45)cc23)cn1. The van der Waals surface area contributed by atoms with E-state index in [2.05, 4.69) is 78.0 Å². The second-order valence-corrected chi connectivity index (χ2v) is 9.74. The van der Waals surface area contributed by atoms with Crippen LogP contribution in [-0.4, -0.2) is 47.7 Å². The van der Waals surface area contributed by atoms with E-state index in [9.17, 15) is 0 Å². The summed E-state index contributed by atoms with van der Waals surface area (Å²) >= 11 is 0. The van der Waals surface area contributed by atoms with Crippen LogP contribution in [0.5, 0.6) is 0 Å². The highest BCUT2D eigenvalue weighted by Gasteiger charge is 2.16. The van der Waals surface area contributed by atoms with Gasteiger partial charge in [0, 0.05) is 47.0 Å². The Balaban J connectivity index is 1.28. The maximum absolute atomic E-state index is 4.69. The lowest BCUT2D eigenvalue weighted by Crippen LogP contribution is -2.18. The first-order valence-electron chi connectivity index (χ1n) is 12.5. The molecule has 1 saturated heterocycles. The summed E-state index contributed by atoms with van der Waals surface area (Å²) in [5.41, 5.74) is 9.61. The quantitative estimate of drug-likeness (QED) is 0.329. The number of aromatic amines is 2. The molecule has 5 heterocycles. The van der Waals surface area contributed by atoms with Gasteiger partial charge in [-0.25, -0.2) is 4.98 Å². The Morgan fingerprint density at radius 1 is 0.917 bits per heavy atom. The first-order valence-corrected chi connectivity index (χ1v) is 12.5. The molecule has 0 spiro atoms. The summed E-state index contributed by atoms with van der Waals surface area (Å²) in [5, 5.41) is 10.1. The van der Waals surface area contributed by atoms with Crippen molar-refractivity contribution in [1.29, 1.82) is 0 Å². The van der Waals surface area contributed by atoms with Crippen LogP contribution in [0, 0.1) is 6.92 Å². The molecule has 0 amide bonds. The fourth-order valence-electron chi connectivity index (χ4n) is 5.37. The highest BCUT2D eigenvalue weighted by atomic mass is 15.1. The number of H-pyrrole nitrogens is 2. The van der Waals surface area contributed by atoms with Gasteiger partial charge in [-0.1, -0.05) is 12.1 Å². The Morgan fingerprint density at radius 3 is 2.69 bits per heavy atom. The highest BCUT2D eigenvalue weighted by Crippen LogP contribution is 2.33. The fourth-order valence-corrected chi connectivity index (χ4v) is 5.37. The first-order chi connectivity index (χ1) is 17.7. The molecular formula is C29H27N7. The van der Waals surface area contributed by atoms with E-state index < -0.39 is 0 Å². The lowest BCUT2D eigenvalue weighted by Gasteiger charge is -2.14. The number of hydrogen-bond acceptors (Lipinski definition) is 4. The van der Waals surface area contributed by atoms with E-state index in [0.29, 0.717) is 0 Å². The summed E-state index contributed by atoms with van der Waals surface area (Å²) in [5.74, 6) is 0. The van der Waals surface area contributed by atoms with E-state index in [0.717, 1.165) is 62.2 Å². The Hall–Kier alpha value is -4.23. The van der Waals surface area contributed by atoms with Gasteiger partial charge in [0.25, 0.3) is 0 Å². The minimum Gasteiger partial charge on any atom is -0.353 e. The minimum absolute atomic E-state index is 0.914. The number of imidazole rings is 1. The predicted molar refractivity (Wildman–Crippen MR) is 143 cm³/mol. The van der Waals surface area contributed by atoms with Gasteiger partial charge < -0.3 is 9.55 Å². The molecule has 1 aliphatic rings. The third-order valence-corrected chi connectivity index (χ3v) is 7.18. The maximum atomic E-state index is 4.69. The van der Waals surface area contributed by atoms with E-state index in [4.69, 9.17) is 5.10 Å². The second-order valence-electron chi connectivity index (χ2n) is 9.74. The van der Waals surface area contributed by atoms with Crippen molar-refractivity contribution < 1.29 is 0 Å². The van der Waals surface area contributed by atoms with Crippen molar-refractivity contribution in [1.82, 2.24) is 34.6 Å². The standard InChI is InChI=1S/C29H27N7/c1-19-16-36(18-31-19)28-6-4-5-25-23(28)13-27(32-25)29-24-12-21(7-8-26(24)33-34-29)22-11-20(14-30-15-22)17-35-9-2-3-10-35/h4-8,11-16,18,32H,2-3,9-10,17H2,1H3,(H,33,34). The van der Waals surface area contributed by atoms with Crippen molar-refractivity contribution in [3.63, 3.8) is 0 Å². The monoisotopic (exact) mass is 473 g/mol.